The van der Waals surface area contributed by atoms with Crippen LogP contribution in [0.3, 0.4) is 0 Å². The number of terminal acetylenes is 1. The molecule has 1 fully saturated rings. The zero-order valence-electron chi connectivity index (χ0n) is 14.9. The average molecular weight is 297 g/mol. The van der Waals surface area contributed by atoms with Crippen LogP contribution in [0.25, 0.3) is 0 Å². The largest absolute Gasteiger partial charge is 0.474 e. The van der Waals surface area contributed by atoms with Crippen LogP contribution in [0.4, 0.5) is 0 Å². The van der Waals surface area contributed by atoms with Crippen LogP contribution in [0, 0.1) is 12.3 Å². The molecule has 0 unspecified atom stereocenters. The van der Waals surface area contributed by atoms with E-state index in [9.17, 15) is 0 Å². The SMILES string of the molecule is C#CCOC.C=C(NC1CCCCC1)OC(C)(C)C.CC. The Balaban J connectivity index is 0. The van der Waals surface area contributed by atoms with Gasteiger partial charge in [-0.3, -0.25) is 0 Å². The molecule has 1 aliphatic carbocycles. The fourth-order valence-electron chi connectivity index (χ4n) is 1.96. The van der Waals surface area contributed by atoms with Gasteiger partial charge in [-0.2, -0.15) is 0 Å². The average Bonchev–Trinajstić information content (AvgIpc) is 2.41. The highest BCUT2D eigenvalue weighted by Gasteiger charge is 2.17. The number of rotatable bonds is 4. The summed E-state index contributed by atoms with van der Waals surface area (Å²) in [5, 5.41) is 3.36. The van der Waals surface area contributed by atoms with E-state index in [4.69, 9.17) is 11.2 Å². The van der Waals surface area contributed by atoms with Crippen LogP contribution in [0.5, 0.6) is 0 Å². The Bertz CT molecular complexity index is 281. The molecule has 0 spiro atoms. The number of methoxy groups -OCH3 is 1. The van der Waals surface area contributed by atoms with Crippen molar-refractivity contribution in [1.82, 2.24) is 5.32 Å². The topological polar surface area (TPSA) is 30.5 Å². The minimum absolute atomic E-state index is 0.140. The molecule has 1 rings (SSSR count). The summed E-state index contributed by atoms with van der Waals surface area (Å²) in [6.07, 6.45) is 11.3. The number of ether oxygens (including phenoxy) is 2. The Morgan fingerprint density at radius 1 is 1.24 bits per heavy atom. The van der Waals surface area contributed by atoms with Gasteiger partial charge < -0.3 is 14.8 Å². The van der Waals surface area contributed by atoms with Gasteiger partial charge in [0, 0.05) is 13.2 Å². The lowest BCUT2D eigenvalue weighted by atomic mass is 9.96. The molecule has 0 aromatic carbocycles. The lowest BCUT2D eigenvalue weighted by Gasteiger charge is -2.28. The standard InChI is InChI=1S/C12H23NO.C4H6O.C2H6/c1-10(14-12(2,3)4)13-11-8-6-5-7-9-11;1-3-4-5-2;1-2/h11,13H,1,5-9H2,2-4H3;1H,4H2,2H3;1-2H3. The van der Waals surface area contributed by atoms with Crippen molar-refractivity contribution in [2.45, 2.75) is 78.4 Å². The normalized spacial score (nSPS) is 14.5. The van der Waals surface area contributed by atoms with Crippen molar-refractivity contribution in [3.8, 4) is 12.3 Å². The molecule has 0 amide bonds. The predicted molar refractivity (Wildman–Crippen MR) is 92.0 cm³/mol. The second kappa shape index (κ2) is 13.8. The third-order valence-corrected chi connectivity index (χ3v) is 2.63. The zero-order valence-corrected chi connectivity index (χ0v) is 14.9. The molecule has 1 saturated carbocycles. The van der Waals surface area contributed by atoms with E-state index in [2.05, 4.69) is 22.6 Å². The molecule has 0 radical (unpaired) electrons. The first-order chi connectivity index (χ1) is 9.89. The number of hydrogen-bond acceptors (Lipinski definition) is 3. The van der Waals surface area contributed by atoms with Crippen molar-refractivity contribution in [2.75, 3.05) is 13.7 Å². The van der Waals surface area contributed by atoms with Crippen molar-refractivity contribution in [3.63, 3.8) is 0 Å². The van der Waals surface area contributed by atoms with E-state index in [0.29, 0.717) is 12.6 Å². The highest BCUT2D eigenvalue weighted by atomic mass is 16.5. The molecule has 3 heteroatoms. The Morgan fingerprint density at radius 2 is 1.76 bits per heavy atom. The van der Waals surface area contributed by atoms with Gasteiger partial charge in [0.05, 0.1) is 0 Å². The summed E-state index contributed by atoms with van der Waals surface area (Å²) in [6, 6.07) is 0.582. The van der Waals surface area contributed by atoms with Crippen LogP contribution in [-0.4, -0.2) is 25.4 Å². The summed E-state index contributed by atoms with van der Waals surface area (Å²) < 4.78 is 10.1. The molecule has 124 valence electrons. The predicted octanol–water partition coefficient (Wildman–Crippen LogP) is 4.49. The fraction of sp³-hybridized carbons (Fsp3) is 0.778. The summed E-state index contributed by atoms with van der Waals surface area (Å²) >= 11 is 0. The first-order valence-corrected chi connectivity index (χ1v) is 7.96. The summed E-state index contributed by atoms with van der Waals surface area (Å²) in [5.74, 6) is 3.02. The minimum Gasteiger partial charge on any atom is -0.474 e. The number of nitrogens with one attached hydrogen (secondary N) is 1. The van der Waals surface area contributed by atoms with Crippen molar-refractivity contribution in [2.24, 2.45) is 0 Å². The summed E-state index contributed by atoms with van der Waals surface area (Å²) in [5.41, 5.74) is -0.140. The minimum atomic E-state index is -0.140. The Morgan fingerprint density at radius 3 is 2.10 bits per heavy atom. The van der Waals surface area contributed by atoms with Gasteiger partial charge in [-0.15, -0.1) is 6.42 Å². The van der Waals surface area contributed by atoms with Gasteiger partial charge in [0.25, 0.3) is 0 Å². The molecule has 1 N–H and O–H groups in total. The molecule has 0 heterocycles. The quantitative estimate of drug-likeness (QED) is 0.613. The summed E-state index contributed by atoms with van der Waals surface area (Å²) in [4.78, 5) is 0. The smallest absolute Gasteiger partial charge is 0.180 e. The lowest BCUT2D eigenvalue weighted by molar-refractivity contribution is 0.0369. The third kappa shape index (κ3) is 16.8. The van der Waals surface area contributed by atoms with Crippen LogP contribution in [0.15, 0.2) is 12.5 Å². The van der Waals surface area contributed by atoms with E-state index >= 15 is 0 Å². The van der Waals surface area contributed by atoms with E-state index in [-0.39, 0.29) is 5.60 Å². The maximum atomic E-state index is 5.63. The van der Waals surface area contributed by atoms with E-state index in [0.717, 1.165) is 5.88 Å². The van der Waals surface area contributed by atoms with Gasteiger partial charge >= 0.3 is 0 Å². The van der Waals surface area contributed by atoms with Crippen LogP contribution in [-0.2, 0) is 9.47 Å². The van der Waals surface area contributed by atoms with Crippen LogP contribution >= 0.6 is 0 Å². The highest BCUT2D eigenvalue weighted by Crippen LogP contribution is 2.19. The maximum Gasteiger partial charge on any atom is 0.180 e. The fourth-order valence-corrected chi connectivity index (χ4v) is 1.96. The second-order valence-corrected chi connectivity index (χ2v) is 5.75. The third-order valence-electron chi connectivity index (χ3n) is 2.63. The first-order valence-electron chi connectivity index (χ1n) is 7.96. The number of hydrogen-bond donors (Lipinski definition) is 1. The van der Waals surface area contributed by atoms with E-state index in [1.54, 1.807) is 7.11 Å². The molecular formula is C18H35NO2. The van der Waals surface area contributed by atoms with Gasteiger partial charge in [0.2, 0.25) is 0 Å². The molecule has 1 aliphatic rings. The van der Waals surface area contributed by atoms with E-state index in [1.165, 1.54) is 32.1 Å². The summed E-state index contributed by atoms with van der Waals surface area (Å²) in [6.45, 7) is 14.4. The van der Waals surface area contributed by atoms with Gasteiger partial charge in [-0.05, 0) is 40.2 Å². The van der Waals surface area contributed by atoms with Crippen LogP contribution in [0.2, 0.25) is 0 Å². The molecular weight excluding hydrogens is 262 g/mol. The van der Waals surface area contributed by atoms with E-state index in [1.807, 2.05) is 34.6 Å². The van der Waals surface area contributed by atoms with Crippen molar-refractivity contribution < 1.29 is 9.47 Å². The molecule has 0 atom stereocenters. The summed E-state index contributed by atoms with van der Waals surface area (Å²) in [7, 11) is 1.57. The molecule has 0 aliphatic heterocycles. The first kappa shape index (κ1) is 22.1. The lowest BCUT2D eigenvalue weighted by Crippen LogP contribution is -2.34. The van der Waals surface area contributed by atoms with Crippen molar-refractivity contribution in [3.05, 3.63) is 12.5 Å². The zero-order chi connectivity index (χ0) is 16.7. The molecule has 0 saturated heterocycles. The van der Waals surface area contributed by atoms with E-state index < -0.39 is 0 Å². The molecule has 21 heavy (non-hydrogen) atoms. The van der Waals surface area contributed by atoms with Gasteiger partial charge in [-0.25, -0.2) is 0 Å². The maximum absolute atomic E-state index is 5.63. The van der Waals surface area contributed by atoms with Gasteiger partial charge in [0.15, 0.2) is 5.88 Å². The van der Waals surface area contributed by atoms with Crippen molar-refractivity contribution >= 4 is 0 Å². The highest BCUT2D eigenvalue weighted by molar-refractivity contribution is 4.88. The Labute approximate surface area is 132 Å². The van der Waals surface area contributed by atoms with Gasteiger partial charge in [0.1, 0.15) is 12.2 Å². The monoisotopic (exact) mass is 297 g/mol. The Kier molecular flexibility index (Phi) is 14.6. The van der Waals surface area contributed by atoms with Crippen LogP contribution in [0.1, 0.15) is 66.7 Å². The molecule has 0 aromatic rings. The second-order valence-electron chi connectivity index (χ2n) is 5.75. The van der Waals surface area contributed by atoms with Crippen molar-refractivity contribution in [1.29, 1.82) is 0 Å². The van der Waals surface area contributed by atoms with Gasteiger partial charge in [-0.1, -0.05) is 39.0 Å². The molecule has 3 nitrogen and oxygen atoms in total. The molecule has 0 bridgehead atoms. The Hall–Kier alpha value is -1.14. The van der Waals surface area contributed by atoms with Crippen LogP contribution < -0.4 is 5.32 Å². The molecule has 0 aromatic heterocycles.